The van der Waals surface area contributed by atoms with Crippen LogP contribution in [-0.4, -0.2) is 9.97 Å². The predicted molar refractivity (Wildman–Crippen MR) is 90.0 cm³/mol. The minimum atomic E-state index is 0.465. The maximum atomic E-state index is 9.41. The SMILES string of the molecule is N#CC(=Cc1cccc(C#N)c1)c1nc(-c2ccccn2)cs1. The third-order valence-corrected chi connectivity index (χ3v) is 3.98. The molecule has 1 aromatic carbocycles. The van der Waals surface area contributed by atoms with Crippen molar-refractivity contribution in [3.63, 3.8) is 0 Å². The van der Waals surface area contributed by atoms with Crippen molar-refractivity contribution in [3.05, 3.63) is 70.2 Å². The molecule has 3 rings (SSSR count). The summed E-state index contributed by atoms with van der Waals surface area (Å²) in [4.78, 5) is 8.75. The van der Waals surface area contributed by atoms with Crippen LogP contribution >= 0.6 is 11.3 Å². The molecule has 0 amide bonds. The van der Waals surface area contributed by atoms with Gasteiger partial charge in [-0.3, -0.25) is 4.98 Å². The summed E-state index contributed by atoms with van der Waals surface area (Å²) in [6.45, 7) is 0. The molecule has 0 aliphatic carbocycles. The highest BCUT2D eigenvalue weighted by Crippen LogP contribution is 2.26. The lowest BCUT2D eigenvalue weighted by Gasteiger charge is -1.97. The molecular weight excluding hydrogens is 304 g/mol. The second-order valence-corrected chi connectivity index (χ2v) is 5.52. The number of nitriles is 2. The van der Waals surface area contributed by atoms with Gasteiger partial charge >= 0.3 is 0 Å². The first-order valence-corrected chi connectivity index (χ1v) is 7.67. The van der Waals surface area contributed by atoms with Crippen molar-refractivity contribution in [2.45, 2.75) is 0 Å². The zero-order chi connectivity index (χ0) is 16.1. The number of rotatable bonds is 3. The Bertz CT molecular complexity index is 943. The van der Waals surface area contributed by atoms with Gasteiger partial charge in [0.25, 0.3) is 0 Å². The van der Waals surface area contributed by atoms with Crippen molar-refractivity contribution in [1.29, 1.82) is 10.5 Å². The van der Waals surface area contributed by atoms with E-state index in [1.807, 2.05) is 29.6 Å². The minimum absolute atomic E-state index is 0.465. The number of hydrogen-bond donors (Lipinski definition) is 0. The van der Waals surface area contributed by atoms with Gasteiger partial charge in [-0.2, -0.15) is 10.5 Å². The van der Waals surface area contributed by atoms with Gasteiger partial charge < -0.3 is 0 Å². The molecule has 0 saturated heterocycles. The molecule has 108 valence electrons. The Morgan fingerprint density at radius 2 is 2.00 bits per heavy atom. The van der Waals surface area contributed by atoms with Crippen molar-refractivity contribution in [3.8, 4) is 23.5 Å². The van der Waals surface area contributed by atoms with Gasteiger partial charge in [0.05, 0.1) is 22.9 Å². The normalized spacial score (nSPS) is 10.8. The Morgan fingerprint density at radius 3 is 2.74 bits per heavy atom. The molecular formula is C18H10N4S. The number of allylic oxidation sites excluding steroid dienone is 1. The second-order valence-electron chi connectivity index (χ2n) is 4.66. The molecule has 0 spiro atoms. The van der Waals surface area contributed by atoms with Gasteiger partial charge in [0.1, 0.15) is 16.8 Å². The Morgan fingerprint density at radius 1 is 1.09 bits per heavy atom. The number of nitrogens with zero attached hydrogens (tertiary/aromatic N) is 4. The molecule has 3 aromatic rings. The van der Waals surface area contributed by atoms with E-state index in [0.29, 0.717) is 16.1 Å². The third kappa shape index (κ3) is 3.32. The summed E-state index contributed by atoms with van der Waals surface area (Å²) in [6.07, 6.45) is 3.45. The summed E-state index contributed by atoms with van der Waals surface area (Å²) in [5.74, 6) is 0. The van der Waals surface area contributed by atoms with E-state index in [-0.39, 0.29) is 0 Å². The average molecular weight is 314 g/mol. The van der Waals surface area contributed by atoms with Crippen molar-refractivity contribution in [2.75, 3.05) is 0 Å². The first kappa shape index (κ1) is 14.6. The number of pyridine rings is 1. The maximum absolute atomic E-state index is 9.41. The molecule has 0 aliphatic rings. The average Bonchev–Trinajstić information content (AvgIpc) is 3.10. The van der Waals surface area contributed by atoms with E-state index in [9.17, 15) is 5.26 Å². The van der Waals surface area contributed by atoms with Crippen LogP contribution in [0, 0.1) is 22.7 Å². The molecule has 0 unspecified atom stereocenters. The van der Waals surface area contributed by atoms with Gasteiger partial charge in [-0.15, -0.1) is 11.3 Å². The van der Waals surface area contributed by atoms with Gasteiger partial charge in [-0.25, -0.2) is 4.98 Å². The molecule has 0 saturated carbocycles. The fraction of sp³-hybridized carbons (Fsp3) is 0. The van der Waals surface area contributed by atoms with E-state index in [4.69, 9.17) is 5.26 Å². The first-order chi connectivity index (χ1) is 11.3. The third-order valence-electron chi connectivity index (χ3n) is 3.11. The lowest BCUT2D eigenvalue weighted by Crippen LogP contribution is -1.85. The van der Waals surface area contributed by atoms with Crippen LogP contribution in [0.15, 0.2) is 54.0 Å². The van der Waals surface area contributed by atoms with Crippen LogP contribution < -0.4 is 0 Å². The standard InChI is InChI=1S/C18H10N4S/c19-10-14-5-3-4-13(8-14)9-15(11-20)18-22-17(12-23-18)16-6-1-2-7-21-16/h1-9,12H. The summed E-state index contributed by atoms with van der Waals surface area (Å²) >= 11 is 1.40. The zero-order valence-corrected chi connectivity index (χ0v) is 12.8. The lowest BCUT2D eigenvalue weighted by atomic mass is 10.1. The Kier molecular flexibility index (Phi) is 4.24. The van der Waals surface area contributed by atoms with Gasteiger partial charge in [0.2, 0.25) is 0 Å². The minimum Gasteiger partial charge on any atom is -0.255 e. The predicted octanol–water partition coefficient (Wildman–Crippen LogP) is 4.14. The first-order valence-electron chi connectivity index (χ1n) is 6.79. The fourth-order valence-electron chi connectivity index (χ4n) is 2.04. The summed E-state index contributed by atoms with van der Waals surface area (Å²) in [5, 5.41) is 20.9. The smallest absolute Gasteiger partial charge is 0.134 e. The van der Waals surface area contributed by atoms with Crippen LogP contribution in [0.25, 0.3) is 23.0 Å². The van der Waals surface area contributed by atoms with E-state index in [0.717, 1.165) is 17.0 Å². The highest BCUT2D eigenvalue weighted by Gasteiger charge is 2.09. The van der Waals surface area contributed by atoms with Crippen molar-refractivity contribution < 1.29 is 0 Å². The molecule has 0 bridgehead atoms. The summed E-state index contributed by atoms with van der Waals surface area (Å²) in [6, 6.07) is 17.0. The lowest BCUT2D eigenvalue weighted by molar-refractivity contribution is 1.27. The molecule has 0 aliphatic heterocycles. The van der Waals surface area contributed by atoms with Gasteiger partial charge in [-0.05, 0) is 35.9 Å². The largest absolute Gasteiger partial charge is 0.255 e. The molecule has 23 heavy (non-hydrogen) atoms. The van der Waals surface area contributed by atoms with Gasteiger partial charge in [0.15, 0.2) is 0 Å². The van der Waals surface area contributed by atoms with Gasteiger partial charge in [0, 0.05) is 11.6 Å². The summed E-state index contributed by atoms with van der Waals surface area (Å²) in [7, 11) is 0. The summed E-state index contributed by atoms with van der Waals surface area (Å²) in [5.41, 5.74) is 3.35. The zero-order valence-electron chi connectivity index (χ0n) is 12.0. The topological polar surface area (TPSA) is 73.4 Å². The van der Waals surface area contributed by atoms with Crippen molar-refractivity contribution in [1.82, 2.24) is 9.97 Å². The van der Waals surface area contributed by atoms with Crippen molar-refractivity contribution in [2.24, 2.45) is 0 Å². The number of thiazole rings is 1. The molecule has 2 aromatic heterocycles. The Labute approximate surface area is 137 Å². The number of hydrogen-bond acceptors (Lipinski definition) is 5. The molecule has 0 atom stereocenters. The van der Waals surface area contributed by atoms with Crippen LogP contribution in [-0.2, 0) is 0 Å². The highest BCUT2D eigenvalue weighted by atomic mass is 32.1. The highest BCUT2D eigenvalue weighted by molar-refractivity contribution is 7.11. The maximum Gasteiger partial charge on any atom is 0.134 e. The molecule has 4 nitrogen and oxygen atoms in total. The molecule has 0 N–H and O–H groups in total. The Hall–Kier alpha value is -3.28. The Balaban J connectivity index is 1.96. The van der Waals surface area contributed by atoms with Crippen LogP contribution in [0.4, 0.5) is 0 Å². The molecule has 0 fully saturated rings. The number of aromatic nitrogens is 2. The van der Waals surface area contributed by atoms with Crippen LogP contribution in [0.2, 0.25) is 0 Å². The van der Waals surface area contributed by atoms with Crippen LogP contribution in [0.5, 0.6) is 0 Å². The quantitative estimate of drug-likeness (QED) is 0.681. The van der Waals surface area contributed by atoms with E-state index >= 15 is 0 Å². The second kappa shape index (κ2) is 6.65. The van der Waals surface area contributed by atoms with E-state index in [2.05, 4.69) is 22.1 Å². The van der Waals surface area contributed by atoms with Gasteiger partial charge in [-0.1, -0.05) is 18.2 Å². The monoisotopic (exact) mass is 314 g/mol. The number of benzene rings is 1. The molecule has 5 heteroatoms. The summed E-state index contributed by atoms with van der Waals surface area (Å²) < 4.78 is 0. The van der Waals surface area contributed by atoms with E-state index in [1.165, 1.54) is 11.3 Å². The van der Waals surface area contributed by atoms with E-state index < -0.39 is 0 Å². The van der Waals surface area contributed by atoms with E-state index in [1.54, 1.807) is 30.5 Å². The van der Waals surface area contributed by atoms with Crippen LogP contribution in [0.3, 0.4) is 0 Å². The van der Waals surface area contributed by atoms with Crippen molar-refractivity contribution >= 4 is 23.0 Å². The molecule has 2 heterocycles. The fourth-order valence-corrected chi connectivity index (χ4v) is 2.82. The van der Waals surface area contributed by atoms with Crippen LogP contribution in [0.1, 0.15) is 16.1 Å². The molecule has 0 radical (unpaired) electrons.